The van der Waals surface area contributed by atoms with Gasteiger partial charge in [-0.2, -0.15) is 0 Å². The molecule has 0 aromatic carbocycles. The van der Waals surface area contributed by atoms with E-state index in [1.165, 1.54) is 32.1 Å². The molecule has 3 nitrogen and oxygen atoms in total. The summed E-state index contributed by atoms with van der Waals surface area (Å²) in [5, 5.41) is 3.42. The lowest BCUT2D eigenvalue weighted by Gasteiger charge is -2.18. The predicted molar refractivity (Wildman–Crippen MR) is 73.8 cm³/mol. The van der Waals surface area contributed by atoms with Crippen LogP contribution < -0.4 is 5.32 Å². The van der Waals surface area contributed by atoms with Crippen molar-refractivity contribution < 1.29 is 4.42 Å². The van der Waals surface area contributed by atoms with Crippen molar-refractivity contribution >= 4 is 0 Å². The Kier molecular flexibility index (Phi) is 5.24. The fourth-order valence-electron chi connectivity index (χ4n) is 2.65. The Morgan fingerprint density at radius 3 is 2.83 bits per heavy atom. The van der Waals surface area contributed by atoms with Crippen LogP contribution >= 0.6 is 0 Å². The van der Waals surface area contributed by atoms with E-state index in [1.54, 1.807) is 0 Å². The van der Waals surface area contributed by atoms with Gasteiger partial charge in [-0.1, -0.05) is 33.1 Å². The van der Waals surface area contributed by atoms with Gasteiger partial charge in [0.25, 0.3) is 0 Å². The number of nitrogens with zero attached hydrogens (tertiary/aromatic N) is 1. The predicted octanol–water partition coefficient (Wildman–Crippen LogP) is 3.65. The molecule has 0 saturated heterocycles. The average Bonchev–Trinajstić information content (AvgIpc) is 2.84. The zero-order valence-corrected chi connectivity index (χ0v) is 11.7. The van der Waals surface area contributed by atoms with Gasteiger partial charge in [-0.25, -0.2) is 4.98 Å². The Balaban J connectivity index is 1.75. The van der Waals surface area contributed by atoms with Crippen LogP contribution in [-0.4, -0.2) is 17.6 Å². The molecule has 1 heterocycles. The molecule has 1 aromatic heterocycles. The highest BCUT2D eigenvalue weighted by Crippen LogP contribution is 2.32. The van der Waals surface area contributed by atoms with Gasteiger partial charge in [0.05, 0.1) is 6.20 Å². The molecule has 3 heteroatoms. The highest BCUT2D eigenvalue weighted by molar-refractivity contribution is 5.03. The monoisotopic (exact) mass is 250 g/mol. The topological polar surface area (TPSA) is 38.1 Å². The third-order valence-corrected chi connectivity index (χ3v) is 3.70. The molecule has 18 heavy (non-hydrogen) atoms. The quantitative estimate of drug-likeness (QED) is 0.783. The van der Waals surface area contributed by atoms with Crippen molar-refractivity contribution in [3.8, 4) is 0 Å². The van der Waals surface area contributed by atoms with Gasteiger partial charge in [0.2, 0.25) is 0 Å². The molecular weight excluding hydrogens is 224 g/mol. The van der Waals surface area contributed by atoms with Gasteiger partial charge >= 0.3 is 0 Å². The lowest BCUT2D eigenvalue weighted by atomic mass is 9.88. The molecule has 1 aliphatic rings. The Bertz CT molecular complexity index is 340. The van der Waals surface area contributed by atoms with Gasteiger partial charge < -0.3 is 9.73 Å². The normalized spacial score (nSPS) is 17.5. The second kappa shape index (κ2) is 6.93. The first-order chi connectivity index (χ1) is 8.75. The van der Waals surface area contributed by atoms with Crippen molar-refractivity contribution in [2.45, 2.75) is 70.8 Å². The molecule has 1 aromatic rings. The van der Waals surface area contributed by atoms with E-state index in [0.29, 0.717) is 12.0 Å². The molecule has 0 aliphatic heterocycles. The summed E-state index contributed by atoms with van der Waals surface area (Å²) in [6.45, 7) is 5.39. The molecule has 0 amide bonds. The summed E-state index contributed by atoms with van der Waals surface area (Å²) in [5.74, 6) is 2.68. The summed E-state index contributed by atoms with van der Waals surface area (Å²) in [6, 6.07) is 0.562. The van der Waals surface area contributed by atoms with E-state index in [1.807, 2.05) is 6.20 Å². The largest absolute Gasteiger partial charge is 0.445 e. The van der Waals surface area contributed by atoms with E-state index < -0.39 is 0 Å². The van der Waals surface area contributed by atoms with Crippen LogP contribution in [0.25, 0.3) is 0 Å². The minimum atomic E-state index is 0.562. The maximum absolute atomic E-state index is 5.89. The second-order valence-electron chi connectivity index (χ2n) is 5.70. The molecule has 1 saturated carbocycles. The van der Waals surface area contributed by atoms with Crippen LogP contribution in [0, 0.1) is 0 Å². The van der Waals surface area contributed by atoms with Crippen molar-refractivity contribution in [2.75, 3.05) is 6.54 Å². The molecule has 2 rings (SSSR count). The summed E-state index contributed by atoms with van der Waals surface area (Å²) in [5.41, 5.74) is 0. The van der Waals surface area contributed by atoms with Crippen LogP contribution in [0.5, 0.6) is 0 Å². The van der Waals surface area contributed by atoms with E-state index >= 15 is 0 Å². The zero-order chi connectivity index (χ0) is 12.8. The summed E-state index contributed by atoms with van der Waals surface area (Å²) in [7, 11) is 0. The number of rotatable bonds is 6. The van der Waals surface area contributed by atoms with E-state index in [0.717, 1.165) is 31.0 Å². The lowest BCUT2D eigenvalue weighted by molar-refractivity contribution is 0.358. The third-order valence-electron chi connectivity index (χ3n) is 3.70. The number of oxazole rings is 1. The van der Waals surface area contributed by atoms with E-state index in [9.17, 15) is 0 Å². The molecule has 1 N–H and O–H groups in total. The van der Waals surface area contributed by atoms with Gasteiger partial charge in [-0.05, 0) is 25.8 Å². The maximum atomic E-state index is 5.89. The molecule has 0 radical (unpaired) electrons. The average molecular weight is 250 g/mol. The van der Waals surface area contributed by atoms with E-state index in [-0.39, 0.29) is 0 Å². The number of aryl methyl sites for hydroxylation is 1. The standard InChI is InChI=1S/C15H26N2O/c1-12(2)16-10-6-9-15-17-11-14(18-15)13-7-4-3-5-8-13/h11-13,16H,3-10H2,1-2H3. The second-order valence-corrected chi connectivity index (χ2v) is 5.70. The first-order valence-electron chi connectivity index (χ1n) is 7.43. The summed E-state index contributed by atoms with van der Waals surface area (Å²) in [6.07, 6.45) is 10.7. The molecule has 0 bridgehead atoms. The van der Waals surface area contributed by atoms with Crippen molar-refractivity contribution in [1.82, 2.24) is 10.3 Å². The fourth-order valence-corrected chi connectivity index (χ4v) is 2.65. The van der Waals surface area contributed by atoms with Gasteiger partial charge in [-0.15, -0.1) is 0 Å². The number of hydrogen-bond donors (Lipinski definition) is 1. The van der Waals surface area contributed by atoms with Gasteiger partial charge in [0, 0.05) is 18.4 Å². The molecule has 0 spiro atoms. The molecule has 1 aliphatic carbocycles. The van der Waals surface area contributed by atoms with Crippen molar-refractivity contribution in [3.05, 3.63) is 17.8 Å². The molecule has 0 unspecified atom stereocenters. The summed E-state index contributed by atoms with van der Waals surface area (Å²) >= 11 is 0. The number of aromatic nitrogens is 1. The van der Waals surface area contributed by atoms with Crippen LogP contribution in [0.15, 0.2) is 10.6 Å². The van der Waals surface area contributed by atoms with Crippen molar-refractivity contribution in [2.24, 2.45) is 0 Å². The summed E-state index contributed by atoms with van der Waals surface area (Å²) in [4.78, 5) is 4.41. The first kappa shape index (κ1) is 13.6. The van der Waals surface area contributed by atoms with Crippen molar-refractivity contribution in [1.29, 1.82) is 0 Å². The molecule has 1 fully saturated rings. The van der Waals surface area contributed by atoms with Gasteiger partial charge in [0.1, 0.15) is 5.76 Å². The zero-order valence-electron chi connectivity index (χ0n) is 11.7. The van der Waals surface area contributed by atoms with Crippen LogP contribution in [0.1, 0.15) is 69.9 Å². The highest BCUT2D eigenvalue weighted by Gasteiger charge is 2.19. The lowest BCUT2D eigenvalue weighted by Crippen LogP contribution is -2.23. The smallest absolute Gasteiger partial charge is 0.194 e. The molecule has 102 valence electrons. The minimum absolute atomic E-state index is 0.562. The Morgan fingerprint density at radius 1 is 1.33 bits per heavy atom. The van der Waals surface area contributed by atoms with E-state index in [2.05, 4.69) is 24.1 Å². The Hall–Kier alpha value is -0.830. The third kappa shape index (κ3) is 4.13. The maximum Gasteiger partial charge on any atom is 0.194 e. The Labute approximate surface area is 110 Å². The summed E-state index contributed by atoms with van der Waals surface area (Å²) < 4.78 is 5.89. The van der Waals surface area contributed by atoms with Crippen LogP contribution in [0.4, 0.5) is 0 Å². The fraction of sp³-hybridized carbons (Fsp3) is 0.800. The van der Waals surface area contributed by atoms with Gasteiger partial charge in [-0.3, -0.25) is 0 Å². The van der Waals surface area contributed by atoms with Crippen LogP contribution in [-0.2, 0) is 6.42 Å². The molecular formula is C15H26N2O. The van der Waals surface area contributed by atoms with Crippen molar-refractivity contribution in [3.63, 3.8) is 0 Å². The SMILES string of the molecule is CC(C)NCCCc1ncc(C2CCCCC2)o1. The first-order valence-corrected chi connectivity index (χ1v) is 7.43. The van der Waals surface area contributed by atoms with Crippen LogP contribution in [0.2, 0.25) is 0 Å². The number of hydrogen-bond acceptors (Lipinski definition) is 3. The van der Waals surface area contributed by atoms with Crippen LogP contribution in [0.3, 0.4) is 0 Å². The van der Waals surface area contributed by atoms with Gasteiger partial charge in [0.15, 0.2) is 5.89 Å². The Morgan fingerprint density at radius 2 is 2.11 bits per heavy atom. The minimum Gasteiger partial charge on any atom is -0.445 e. The highest BCUT2D eigenvalue weighted by atomic mass is 16.4. The molecule has 0 atom stereocenters. The number of nitrogens with one attached hydrogen (secondary N) is 1. The van der Waals surface area contributed by atoms with E-state index in [4.69, 9.17) is 4.42 Å².